The highest BCUT2D eigenvalue weighted by molar-refractivity contribution is 5.86. The van der Waals surface area contributed by atoms with Gasteiger partial charge in [-0.3, -0.25) is 4.79 Å². The molecule has 2 aromatic rings. The van der Waals surface area contributed by atoms with Crippen LogP contribution in [-0.4, -0.2) is 33.9 Å². The molecule has 0 aliphatic carbocycles. The predicted octanol–water partition coefficient (Wildman–Crippen LogP) is 2.44. The van der Waals surface area contributed by atoms with Gasteiger partial charge in [0, 0.05) is 23.5 Å². The van der Waals surface area contributed by atoms with Crippen LogP contribution in [-0.2, 0) is 16.0 Å². The van der Waals surface area contributed by atoms with Gasteiger partial charge in [-0.1, -0.05) is 0 Å². The number of ether oxygens (including phenoxy) is 2. The van der Waals surface area contributed by atoms with E-state index in [-0.39, 0.29) is 6.42 Å². The van der Waals surface area contributed by atoms with Gasteiger partial charge in [0.15, 0.2) is 0 Å². The van der Waals surface area contributed by atoms with Gasteiger partial charge in [-0.05, 0) is 44.5 Å². The molecule has 124 valence electrons. The third-order valence-corrected chi connectivity index (χ3v) is 3.09. The van der Waals surface area contributed by atoms with E-state index in [1.165, 1.54) is 0 Å². The molecule has 0 aliphatic rings. The molecule has 0 aliphatic heterocycles. The number of carbonyl (C=O) groups excluding carboxylic acids is 1. The fourth-order valence-electron chi connectivity index (χ4n) is 2.08. The lowest BCUT2D eigenvalue weighted by Crippen LogP contribution is -2.32. The summed E-state index contributed by atoms with van der Waals surface area (Å²) < 4.78 is 10.2. The zero-order valence-electron chi connectivity index (χ0n) is 13.3. The maximum absolute atomic E-state index is 11.7. The molecular weight excluding hydrogens is 300 g/mol. The van der Waals surface area contributed by atoms with Crippen LogP contribution < -0.4 is 10.5 Å². The number of benzene rings is 1. The summed E-state index contributed by atoms with van der Waals surface area (Å²) in [5.41, 5.74) is 6.46. The van der Waals surface area contributed by atoms with Crippen molar-refractivity contribution in [2.45, 2.75) is 38.8 Å². The monoisotopic (exact) mass is 320 g/mol. The van der Waals surface area contributed by atoms with Crippen LogP contribution >= 0.6 is 0 Å². The number of nitrogens with one attached hydrogen (secondary N) is 1. The van der Waals surface area contributed by atoms with E-state index in [1.54, 1.807) is 45.2 Å². The highest BCUT2D eigenvalue weighted by Crippen LogP contribution is 2.25. The fraction of sp³-hybridized carbons (Fsp3) is 0.375. The Balaban J connectivity index is 2.20. The molecule has 1 aromatic heterocycles. The molecule has 0 bridgehead atoms. The molecule has 7 heteroatoms. The highest BCUT2D eigenvalue weighted by Gasteiger charge is 2.19. The Labute approximate surface area is 133 Å². The third kappa shape index (κ3) is 4.46. The number of carboxylic acid groups (broad SMARTS) is 1. The Morgan fingerprint density at radius 1 is 1.35 bits per heavy atom. The van der Waals surface area contributed by atoms with Crippen molar-refractivity contribution in [2.75, 3.05) is 0 Å². The van der Waals surface area contributed by atoms with Gasteiger partial charge >= 0.3 is 12.1 Å². The minimum Gasteiger partial charge on any atom is -0.480 e. The van der Waals surface area contributed by atoms with Crippen LogP contribution in [0.1, 0.15) is 26.3 Å². The zero-order chi connectivity index (χ0) is 17.2. The smallest absolute Gasteiger partial charge is 0.480 e. The summed E-state index contributed by atoms with van der Waals surface area (Å²) in [6.07, 6.45) is 1.08. The Kier molecular flexibility index (Phi) is 4.60. The number of rotatable bonds is 4. The second-order valence-corrected chi connectivity index (χ2v) is 6.24. The maximum atomic E-state index is 11.7. The summed E-state index contributed by atoms with van der Waals surface area (Å²) in [6.45, 7) is 5.24. The number of carbonyl (C=O) groups is 2. The van der Waals surface area contributed by atoms with Crippen molar-refractivity contribution in [3.05, 3.63) is 30.0 Å². The molecule has 0 fully saturated rings. The van der Waals surface area contributed by atoms with Crippen LogP contribution in [0.25, 0.3) is 10.9 Å². The third-order valence-electron chi connectivity index (χ3n) is 3.09. The fourth-order valence-corrected chi connectivity index (χ4v) is 2.08. The molecule has 7 nitrogen and oxygen atoms in total. The number of hydrogen-bond acceptors (Lipinski definition) is 5. The lowest BCUT2D eigenvalue weighted by molar-refractivity contribution is -0.138. The van der Waals surface area contributed by atoms with Gasteiger partial charge in [0.25, 0.3) is 0 Å². The van der Waals surface area contributed by atoms with Crippen molar-refractivity contribution in [3.63, 3.8) is 0 Å². The minimum atomic E-state index is -1.07. The summed E-state index contributed by atoms with van der Waals surface area (Å²) in [5, 5.41) is 9.67. The van der Waals surface area contributed by atoms with Crippen LogP contribution in [0.4, 0.5) is 4.79 Å². The Hall–Kier alpha value is -2.54. The molecule has 0 spiro atoms. The summed E-state index contributed by atoms with van der Waals surface area (Å²) in [5.74, 6) is -0.753. The van der Waals surface area contributed by atoms with E-state index in [1.807, 2.05) is 0 Å². The quantitative estimate of drug-likeness (QED) is 0.589. The number of aromatic amines is 1. The molecular formula is C16H20N2O5. The van der Waals surface area contributed by atoms with Crippen LogP contribution in [0, 0.1) is 0 Å². The summed E-state index contributed by atoms with van der Waals surface area (Å²) >= 11 is 0. The lowest BCUT2D eigenvalue weighted by atomic mass is 10.1. The molecule has 0 radical (unpaired) electrons. The van der Waals surface area contributed by atoms with Gasteiger partial charge in [0.1, 0.15) is 17.4 Å². The van der Waals surface area contributed by atoms with E-state index >= 15 is 0 Å². The van der Waals surface area contributed by atoms with Gasteiger partial charge in [-0.15, -0.1) is 0 Å². The molecule has 1 aromatic carbocycles. The van der Waals surface area contributed by atoms with Gasteiger partial charge < -0.3 is 25.3 Å². The SMILES string of the molecule is CC(C)(C)OC(=O)Oc1ccc2[nH]cc(C[C@H](N)C(=O)O)c2c1. The molecule has 1 atom stereocenters. The molecule has 2 rings (SSSR count). The molecule has 0 amide bonds. The van der Waals surface area contributed by atoms with Crippen molar-refractivity contribution in [1.82, 2.24) is 4.98 Å². The number of aromatic nitrogens is 1. The second-order valence-electron chi connectivity index (χ2n) is 6.24. The minimum absolute atomic E-state index is 0.172. The summed E-state index contributed by atoms with van der Waals surface area (Å²) in [7, 11) is 0. The normalized spacial score (nSPS) is 12.9. The molecule has 0 saturated heterocycles. The topological polar surface area (TPSA) is 115 Å². The van der Waals surface area contributed by atoms with E-state index in [0.29, 0.717) is 5.75 Å². The largest absolute Gasteiger partial charge is 0.514 e. The molecule has 0 saturated carbocycles. The summed E-state index contributed by atoms with van der Waals surface area (Å²) in [6, 6.07) is 4.03. The lowest BCUT2D eigenvalue weighted by Gasteiger charge is -2.18. The van der Waals surface area contributed by atoms with E-state index in [2.05, 4.69) is 4.98 Å². The average molecular weight is 320 g/mol. The van der Waals surface area contributed by atoms with Crippen LogP contribution in [0.2, 0.25) is 0 Å². The van der Waals surface area contributed by atoms with Crippen molar-refractivity contribution >= 4 is 23.0 Å². The Bertz CT molecular complexity index is 730. The molecule has 0 unspecified atom stereocenters. The van der Waals surface area contributed by atoms with Crippen LogP contribution in [0.5, 0.6) is 5.75 Å². The van der Waals surface area contributed by atoms with Crippen molar-refractivity contribution in [3.8, 4) is 5.75 Å². The molecule has 4 N–H and O–H groups in total. The van der Waals surface area contributed by atoms with Gasteiger partial charge in [-0.25, -0.2) is 4.79 Å². The van der Waals surface area contributed by atoms with Gasteiger partial charge in [0.2, 0.25) is 0 Å². The number of fused-ring (bicyclic) bond motifs is 1. The maximum Gasteiger partial charge on any atom is 0.514 e. The van der Waals surface area contributed by atoms with E-state index in [0.717, 1.165) is 16.5 Å². The average Bonchev–Trinajstić information content (AvgIpc) is 2.79. The van der Waals surface area contributed by atoms with Crippen molar-refractivity contribution in [2.24, 2.45) is 5.73 Å². The van der Waals surface area contributed by atoms with Crippen molar-refractivity contribution in [1.29, 1.82) is 0 Å². The zero-order valence-corrected chi connectivity index (χ0v) is 13.3. The van der Waals surface area contributed by atoms with Gasteiger partial charge in [0.05, 0.1) is 0 Å². The second kappa shape index (κ2) is 6.29. The van der Waals surface area contributed by atoms with Gasteiger partial charge in [-0.2, -0.15) is 0 Å². The molecule has 1 heterocycles. The highest BCUT2D eigenvalue weighted by atomic mass is 16.7. The Morgan fingerprint density at radius 2 is 2.04 bits per heavy atom. The first-order valence-corrected chi connectivity index (χ1v) is 7.15. The van der Waals surface area contributed by atoms with E-state index < -0.39 is 23.8 Å². The number of hydrogen-bond donors (Lipinski definition) is 3. The van der Waals surface area contributed by atoms with Crippen molar-refractivity contribution < 1.29 is 24.2 Å². The van der Waals surface area contributed by atoms with E-state index in [9.17, 15) is 9.59 Å². The number of carboxylic acids is 1. The van der Waals surface area contributed by atoms with E-state index in [4.69, 9.17) is 20.3 Å². The molecule has 23 heavy (non-hydrogen) atoms. The van der Waals surface area contributed by atoms with Crippen LogP contribution in [0.15, 0.2) is 24.4 Å². The predicted molar refractivity (Wildman–Crippen MR) is 84.5 cm³/mol. The first-order valence-electron chi connectivity index (χ1n) is 7.15. The number of nitrogens with two attached hydrogens (primary N) is 1. The number of aliphatic carboxylic acids is 1. The first kappa shape index (κ1) is 16.8. The first-order chi connectivity index (χ1) is 10.7. The Morgan fingerprint density at radius 3 is 2.65 bits per heavy atom. The van der Waals surface area contributed by atoms with Crippen LogP contribution in [0.3, 0.4) is 0 Å². The number of H-pyrrole nitrogens is 1. The summed E-state index contributed by atoms with van der Waals surface area (Å²) in [4.78, 5) is 25.6. The standard InChI is InChI=1S/C16H20N2O5/c1-16(2,3)23-15(21)22-10-4-5-13-11(7-10)9(8-18-13)6-12(17)14(19)20/h4-5,7-8,12,18H,6,17H2,1-3H3,(H,19,20)/t12-/m0/s1.